The lowest BCUT2D eigenvalue weighted by Gasteiger charge is -1.92. The van der Waals surface area contributed by atoms with Crippen molar-refractivity contribution in [2.45, 2.75) is 6.42 Å². The van der Waals surface area contributed by atoms with Crippen LogP contribution in [0.5, 0.6) is 0 Å². The maximum atomic E-state index is 10.5. The maximum absolute atomic E-state index is 10.5. The van der Waals surface area contributed by atoms with E-state index >= 15 is 0 Å². The van der Waals surface area contributed by atoms with E-state index in [1.165, 1.54) is 6.20 Å². The third-order valence-electron chi connectivity index (χ3n) is 1.30. The maximum Gasteiger partial charge on any atom is 0.354 e. The summed E-state index contributed by atoms with van der Waals surface area (Å²) >= 11 is 3.22. The number of aromatic amines is 1. The molecule has 0 unspecified atom stereocenters. The first-order valence-corrected chi connectivity index (χ1v) is 4.19. The van der Waals surface area contributed by atoms with E-state index in [0.717, 1.165) is 10.9 Å². The molecular weight excluding hydrogens is 212 g/mol. The van der Waals surface area contributed by atoms with E-state index in [1.807, 2.05) is 0 Å². The van der Waals surface area contributed by atoms with Gasteiger partial charge in [0.05, 0.1) is 6.20 Å². The number of nitrogens with zero attached hydrogens (tertiary/aromatic N) is 1. The zero-order valence-electron chi connectivity index (χ0n) is 5.67. The summed E-state index contributed by atoms with van der Waals surface area (Å²) in [5, 5.41) is 15.4. The van der Waals surface area contributed by atoms with Gasteiger partial charge in [0.1, 0.15) is 5.69 Å². The smallest absolute Gasteiger partial charge is 0.354 e. The minimum absolute atomic E-state index is 0.185. The predicted molar refractivity (Wildman–Crippen MR) is 43.0 cm³/mol. The lowest BCUT2D eigenvalue weighted by atomic mass is 10.2. The number of hydrogen-bond acceptors (Lipinski definition) is 2. The number of alkyl halides is 1. The van der Waals surface area contributed by atoms with Crippen molar-refractivity contribution in [3.63, 3.8) is 0 Å². The summed E-state index contributed by atoms with van der Waals surface area (Å²) in [5.41, 5.74) is 0.916. The number of carbonyl (C=O) groups is 1. The van der Waals surface area contributed by atoms with Gasteiger partial charge in [-0.25, -0.2) is 4.79 Å². The Morgan fingerprint density at radius 2 is 2.55 bits per heavy atom. The molecule has 1 aromatic heterocycles. The zero-order chi connectivity index (χ0) is 8.27. The van der Waals surface area contributed by atoms with Crippen LogP contribution in [-0.4, -0.2) is 26.6 Å². The fourth-order valence-corrected chi connectivity index (χ4v) is 1.21. The van der Waals surface area contributed by atoms with Crippen molar-refractivity contribution >= 4 is 21.9 Å². The number of nitrogens with one attached hydrogen (secondary N) is 1. The highest BCUT2D eigenvalue weighted by molar-refractivity contribution is 9.09. The first-order chi connectivity index (χ1) is 5.25. The monoisotopic (exact) mass is 218 g/mol. The molecule has 5 heteroatoms. The molecule has 4 nitrogen and oxygen atoms in total. The second kappa shape index (κ2) is 3.52. The van der Waals surface area contributed by atoms with Crippen LogP contribution >= 0.6 is 15.9 Å². The van der Waals surface area contributed by atoms with Gasteiger partial charge in [0.25, 0.3) is 0 Å². The highest BCUT2D eigenvalue weighted by Crippen LogP contribution is 2.06. The Balaban J connectivity index is 2.87. The Kier molecular flexibility index (Phi) is 2.64. The van der Waals surface area contributed by atoms with Gasteiger partial charge in [-0.05, 0) is 6.42 Å². The van der Waals surface area contributed by atoms with Crippen LogP contribution in [-0.2, 0) is 6.42 Å². The molecule has 0 aromatic carbocycles. The van der Waals surface area contributed by atoms with E-state index in [9.17, 15) is 4.79 Å². The highest BCUT2D eigenvalue weighted by atomic mass is 79.9. The number of carboxylic acid groups (broad SMARTS) is 1. The Labute approximate surface area is 71.7 Å². The van der Waals surface area contributed by atoms with Crippen LogP contribution in [0.4, 0.5) is 0 Å². The molecule has 0 bridgehead atoms. The average Bonchev–Trinajstić information content (AvgIpc) is 2.36. The van der Waals surface area contributed by atoms with E-state index in [1.54, 1.807) is 0 Å². The molecule has 0 aliphatic heterocycles. The number of hydrogen-bond donors (Lipinski definition) is 2. The molecule has 60 valence electrons. The summed E-state index contributed by atoms with van der Waals surface area (Å²) < 4.78 is 0. The standard InChI is InChI=1S/C6H7BrN2O2/c7-2-1-4-3-8-9-5(4)6(10)11/h3H,1-2H2,(H,8,9)(H,10,11). The van der Waals surface area contributed by atoms with E-state index < -0.39 is 5.97 Å². The molecule has 1 heterocycles. The summed E-state index contributed by atoms with van der Waals surface area (Å²) in [4.78, 5) is 10.5. The largest absolute Gasteiger partial charge is 0.477 e. The van der Waals surface area contributed by atoms with Crippen molar-refractivity contribution < 1.29 is 9.90 Å². The molecule has 2 N–H and O–H groups in total. The van der Waals surface area contributed by atoms with Crippen molar-refractivity contribution in [3.8, 4) is 0 Å². The topological polar surface area (TPSA) is 66.0 Å². The van der Waals surface area contributed by atoms with Gasteiger partial charge in [-0.1, -0.05) is 15.9 Å². The number of aryl methyl sites for hydroxylation is 1. The van der Waals surface area contributed by atoms with Crippen molar-refractivity contribution in [1.29, 1.82) is 0 Å². The Bertz CT molecular complexity index is 259. The van der Waals surface area contributed by atoms with Crippen LogP contribution in [0.2, 0.25) is 0 Å². The third-order valence-corrected chi connectivity index (χ3v) is 1.69. The minimum Gasteiger partial charge on any atom is -0.477 e. The normalized spacial score (nSPS) is 9.91. The van der Waals surface area contributed by atoms with Crippen LogP contribution < -0.4 is 0 Å². The first kappa shape index (κ1) is 8.26. The number of aromatic carboxylic acids is 1. The predicted octanol–water partition coefficient (Wildman–Crippen LogP) is 1.05. The van der Waals surface area contributed by atoms with Gasteiger partial charge in [-0.3, -0.25) is 5.10 Å². The van der Waals surface area contributed by atoms with Gasteiger partial charge in [0.2, 0.25) is 0 Å². The summed E-state index contributed by atoms with van der Waals surface area (Å²) in [6.45, 7) is 0. The molecule has 0 atom stereocenters. The van der Waals surface area contributed by atoms with Crippen molar-refractivity contribution in [2.75, 3.05) is 5.33 Å². The molecule has 0 saturated carbocycles. The fourth-order valence-electron chi connectivity index (χ4n) is 0.788. The van der Waals surface area contributed by atoms with Crippen LogP contribution in [0.1, 0.15) is 16.1 Å². The lowest BCUT2D eigenvalue weighted by molar-refractivity contribution is 0.0689. The Morgan fingerprint density at radius 1 is 1.82 bits per heavy atom. The number of halogens is 1. The second-order valence-corrected chi connectivity index (χ2v) is 2.81. The van der Waals surface area contributed by atoms with E-state index in [-0.39, 0.29) is 5.69 Å². The van der Waals surface area contributed by atoms with E-state index in [2.05, 4.69) is 26.1 Å². The summed E-state index contributed by atoms with van der Waals surface area (Å²) in [6, 6.07) is 0. The van der Waals surface area contributed by atoms with Crippen molar-refractivity contribution in [3.05, 3.63) is 17.5 Å². The van der Waals surface area contributed by atoms with Gasteiger partial charge in [-0.2, -0.15) is 5.10 Å². The van der Waals surface area contributed by atoms with Gasteiger partial charge in [-0.15, -0.1) is 0 Å². The summed E-state index contributed by atoms with van der Waals surface area (Å²) in [5.74, 6) is -0.960. The van der Waals surface area contributed by atoms with Gasteiger partial charge >= 0.3 is 5.97 Å². The molecule has 1 rings (SSSR count). The van der Waals surface area contributed by atoms with Crippen molar-refractivity contribution in [2.24, 2.45) is 0 Å². The van der Waals surface area contributed by atoms with Gasteiger partial charge < -0.3 is 5.11 Å². The molecule has 0 spiro atoms. The Morgan fingerprint density at radius 3 is 3.09 bits per heavy atom. The van der Waals surface area contributed by atoms with E-state index in [0.29, 0.717) is 6.42 Å². The van der Waals surface area contributed by atoms with Crippen LogP contribution in [0, 0.1) is 0 Å². The average molecular weight is 219 g/mol. The first-order valence-electron chi connectivity index (χ1n) is 3.07. The van der Waals surface area contributed by atoms with Crippen molar-refractivity contribution in [1.82, 2.24) is 10.2 Å². The molecule has 0 fully saturated rings. The molecule has 1 aromatic rings. The summed E-state index contributed by atoms with van der Waals surface area (Å²) in [6.07, 6.45) is 2.21. The molecule has 0 radical (unpaired) electrons. The zero-order valence-corrected chi connectivity index (χ0v) is 7.26. The lowest BCUT2D eigenvalue weighted by Crippen LogP contribution is -2.01. The molecule has 0 saturated heterocycles. The molecule has 0 amide bonds. The quantitative estimate of drug-likeness (QED) is 0.746. The number of rotatable bonds is 3. The van der Waals surface area contributed by atoms with E-state index in [4.69, 9.17) is 5.11 Å². The molecular formula is C6H7BrN2O2. The minimum atomic E-state index is -0.960. The third kappa shape index (κ3) is 1.80. The molecule has 11 heavy (non-hydrogen) atoms. The van der Waals surface area contributed by atoms with Crippen LogP contribution in [0.3, 0.4) is 0 Å². The SMILES string of the molecule is O=C(O)c1[nH]ncc1CCBr. The molecule has 0 aliphatic carbocycles. The van der Waals surface area contributed by atoms with Gasteiger partial charge in [0, 0.05) is 10.9 Å². The Hall–Kier alpha value is -0.840. The molecule has 0 aliphatic rings. The number of H-pyrrole nitrogens is 1. The summed E-state index contributed by atoms with van der Waals surface area (Å²) in [7, 11) is 0. The fraction of sp³-hybridized carbons (Fsp3) is 0.333. The number of carboxylic acids is 1. The second-order valence-electron chi connectivity index (χ2n) is 2.01. The van der Waals surface area contributed by atoms with Crippen LogP contribution in [0.15, 0.2) is 6.20 Å². The highest BCUT2D eigenvalue weighted by Gasteiger charge is 2.10. The van der Waals surface area contributed by atoms with Crippen LogP contribution in [0.25, 0.3) is 0 Å². The van der Waals surface area contributed by atoms with Gasteiger partial charge in [0.15, 0.2) is 0 Å². The number of aromatic nitrogens is 2.